The van der Waals surface area contributed by atoms with Gasteiger partial charge in [-0.25, -0.2) is 9.97 Å². The van der Waals surface area contributed by atoms with E-state index in [4.69, 9.17) is 10.8 Å². The third-order valence-corrected chi connectivity index (χ3v) is 2.40. The van der Waals surface area contributed by atoms with Crippen molar-refractivity contribution in [2.24, 2.45) is 0 Å². The summed E-state index contributed by atoms with van der Waals surface area (Å²) in [6.45, 7) is -0.540. The van der Waals surface area contributed by atoms with Crippen molar-refractivity contribution < 1.29 is 15.3 Å². The summed E-state index contributed by atoms with van der Waals surface area (Å²) in [5.74, 6) is 0.213. The van der Waals surface area contributed by atoms with Gasteiger partial charge >= 0.3 is 0 Å². The number of hydrogen-bond acceptors (Lipinski definition) is 6. The molecule has 0 bridgehead atoms. The van der Waals surface area contributed by atoms with Crippen LogP contribution in [0.3, 0.4) is 0 Å². The van der Waals surface area contributed by atoms with Gasteiger partial charge in [0.15, 0.2) is 0 Å². The topological polar surface area (TPSA) is 128 Å². The van der Waals surface area contributed by atoms with Crippen LogP contribution in [0.4, 0.5) is 5.82 Å². The first kappa shape index (κ1) is 10.8. The zero-order valence-corrected chi connectivity index (χ0v) is 8.33. The molecule has 0 fully saturated rings. The molecule has 0 saturated heterocycles. The summed E-state index contributed by atoms with van der Waals surface area (Å²) in [5.41, 5.74) is 6.50. The summed E-state index contributed by atoms with van der Waals surface area (Å²) in [5, 5.41) is 28.3. The summed E-state index contributed by atoms with van der Waals surface area (Å²) >= 11 is 0. The zero-order valence-electron chi connectivity index (χ0n) is 8.33. The molecule has 7 nitrogen and oxygen atoms in total. The second kappa shape index (κ2) is 4.05. The maximum absolute atomic E-state index is 9.76. The van der Waals surface area contributed by atoms with Crippen molar-refractivity contribution in [1.29, 1.82) is 0 Å². The van der Waals surface area contributed by atoms with Gasteiger partial charge in [0, 0.05) is 11.8 Å². The number of aromatic nitrogens is 3. The van der Waals surface area contributed by atoms with Crippen LogP contribution in [0.5, 0.6) is 0 Å². The Morgan fingerprint density at radius 3 is 2.81 bits per heavy atom. The molecule has 0 radical (unpaired) electrons. The highest BCUT2D eigenvalue weighted by atomic mass is 16.4. The number of nitrogens with zero attached hydrogens (tertiary/aromatic N) is 2. The molecule has 0 aromatic carbocycles. The third-order valence-electron chi connectivity index (χ3n) is 2.40. The number of aliphatic hydroxyl groups is 3. The number of nitrogens with two attached hydrogens (primary N) is 1. The Bertz CT molecular complexity index is 498. The second-order valence-corrected chi connectivity index (χ2v) is 3.42. The molecule has 6 N–H and O–H groups in total. The summed E-state index contributed by atoms with van der Waals surface area (Å²) in [6, 6.07) is 0. The molecule has 0 amide bonds. The van der Waals surface area contributed by atoms with E-state index in [0.717, 1.165) is 0 Å². The Balaban J connectivity index is 2.53. The van der Waals surface area contributed by atoms with Gasteiger partial charge in [-0.05, 0) is 0 Å². The van der Waals surface area contributed by atoms with Crippen molar-refractivity contribution in [3.8, 4) is 0 Å². The Morgan fingerprint density at radius 1 is 1.38 bits per heavy atom. The predicted octanol–water partition coefficient (Wildman–Crippen LogP) is -1.07. The van der Waals surface area contributed by atoms with E-state index in [1.165, 1.54) is 12.5 Å². The van der Waals surface area contributed by atoms with Gasteiger partial charge in [0.25, 0.3) is 0 Å². The van der Waals surface area contributed by atoms with Crippen LogP contribution >= 0.6 is 0 Å². The van der Waals surface area contributed by atoms with E-state index in [9.17, 15) is 10.2 Å². The number of rotatable bonds is 3. The minimum atomic E-state index is -1.27. The molecule has 86 valence electrons. The summed E-state index contributed by atoms with van der Waals surface area (Å²) in [7, 11) is 0. The molecule has 2 rings (SSSR count). The van der Waals surface area contributed by atoms with Crippen LogP contribution < -0.4 is 5.73 Å². The van der Waals surface area contributed by atoms with E-state index in [2.05, 4.69) is 15.0 Å². The molecule has 2 aromatic heterocycles. The average molecular weight is 224 g/mol. The standard InChI is InChI=1S/C9H12N4O3/c10-8-6-4(7(16)5(15)2-14)1-11-9(6)13-3-12-8/h1,3,5,7,14-16H,2H2,(H3,10,11,12,13). The van der Waals surface area contributed by atoms with E-state index in [0.29, 0.717) is 16.6 Å². The lowest BCUT2D eigenvalue weighted by atomic mass is 10.1. The van der Waals surface area contributed by atoms with E-state index in [1.54, 1.807) is 0 Å². The summed E-state index contributed by atoms with van der Waals surface area (Å²) < 4.78 is 0. The van der Waals surface area contributed by atoms with Gasteiger partial charge in [-0.3, -0.25) is 0 Å². The number of aliphatic hydroxyl groups excluding tert-OH is 3. The van der Waals surface area contributed by atoms with Gasteiger partial charge in [0.1, 0.15) is 30.0 Å². The van der Waals surface area contributed by atoms with Crippen molar-refractivity contribution in [3.05, 3.63) is 18.1 Å². The Kier molecular flexibility index (Phi) is 2.73. The SMILES string of the molecule is Nc1ncnc2[nH]cc(C(O)C(O)CO)c12. The molecule has 0 aliphatic heterocycles. The first-order valence-electron chi connectivity index (χ1n) is 4.69. The Hall–Kier alpha value is -1.70. The van der Waals surface area contributed by atoms with E-state index >= 15 is 0 Å². The lowest BCUT2D eigenvalue weighted by molar-refractivity contribution is -0.0145. The fraction of sp³-hybridized carbons (Fsp3) is 0.333. The van der Waals surface area contributed by atoms with Crippen LogP contribution in [0.2, 0.25) is 0 Å². The molecule has 2 aromatic rings. The Morgan fingerprint density at radius 2 is 2.12 bits per heavy atom. The van der Waals surface area contributed by atoms with Crippen molar-refractivity contribution in [3.63, 3.8) is 0 Å². The van der Waals surface area contributed by atoms with Crippen LogP contribution in [-0.2, 0) is 0 Å². The molecule has 2 atom stereocenters. The van der Waals surface area contributed by atoms with E-state index in [1.807, 2.05) is 0 Å². The van der Waals surface area contributed by atoms with E-state index in [-0.39, 0.29) is 5.82 Å². The lowest BCUT2D eigenvalue weighted by Gasteiger charge is -2.14. The normalized spacial score (nSPS) is 15.2. The molecule has 0 aliphatic rings. The fourth-order valence-corrected chi connectivity index (χ4v) is 1.55. The Labute approximate surface area is 90.6 Å². The van der Waals surface area contributed by atoms with Crippen molar-refractivity contribution in [2.45, 2.75) is 12.2 Å². The smallest absolute Gasteiger partial charge is 0.143 e. The summed E-state index contributed by atoms with van der Waals surface area (Å²) in [4.78, 5) is 10.5. The van der Waals surface area contributed by atoms with Crippen LogP contribution in [-0.4, -0.2) is 43.0 Å². The minimum Gasteiger partial charge on any atom is -0.394 e. The quantitative estimate of drug-likeness (QED) is 0.451. The maximum Gasteiger partial charge on any atom is 0.143 e. The molecule has 0 saturated carbocycles. The first-order valence-corrected chi connectivity index (χ1v) is 4.69. The largest absolute Gasteiger partial charge is 0.394 e. The monoisotopic (exact) mass is 224 g/mol. The highest BCUT2D eigenvalue weighted by Gasteiger charge is 2.22. The number of fused-ring (bicyclic) bond motifs is 1. The molecular weight excluding hydrogens is 212 g/mol. The van der Waals surface area contributed by atoms with Crippen LogP contribution in [0.15, 0.2) is 12.5 Å². The highest BCUT2D eigenvalue weighted by Crippen LogP contribution is 2.27. The van der Waals surface area contributed by atoms with Crippen molar-refractivity contribution in [1.82, 2.24) is 15.0 Å². The van der Waals surface area contributed by atoms with Crippen LogP contribution in [0, 0.1) is 0 Å². The van der Waals surface area contributed by atoms with Gasteiger partial charge in [-0.15, -0.1) is 0 Å². The van der Waals surface area contributed by atoms with Gasteiger partial charge in [0.2, 0.25) is 0 Å². The number of nitrogens with one attached hydrogen (secondary N) is 1. The highest BCUT2D eigenvalue weighted by molar-refractivity contribution is 5.89. The average Bonchev–Trinajstić information content (AvgIpc) is 2.72. The lowest BCUT2D eigenvalue weighted by Crippen LogP contribution is -2.22. The molecule has 0 spiro atoms. The zero-order chi connectivity index (χ0) is 11.7. The van der Waals surface area contributed by atoms with Crippen molar-refractivity contribution in [2.75, 3.05) is 12.3 Å². The minimum absolute atomic E-state index is 0.213. The van der Waals surface area contributed by atoms with Gasteiger partial charge in [-0.1, -0.05) is 0 Å². The van der Waals surface area contributed by atoms with Gasteiger partial charge in [-0.2, -0.15) is 0 Å². The number of aromatic amines is 1. The van der Waals surface area contributed by atoms with Crippen LogP contribution in [0.1, 0.15) is 11.7 Å². The second-order valence-electron chi connectivity index (χ2n) is 3.42. The van der Waals surface area contributed by atoms with E-state index < -0.39 is 18.8 Å². The number of hydrogen-bond donors (Lipinski definition) is 5. The molecule has 2 heterocycles. The number of nitrogen functional groups attached to an aromatic ring is 1. The fourth-order valence-electron chi connectivity index (χ4n) is 1.55. The number of anilines is 1. The third kappa shape index (κ3) is 1.60. The van der Waals surface area contributed by atoms with Crippen molar-refractivity contribution >= 4 is 16.9 Å². The molecule has 16 heavy (non-hydrogen) atoms. The molecular formula is C9H12N4O3. The van der Waals surface area contributed by atoms with Gasteiger partial charge in [0.05, 0.1) is 12.0 Å². The van der Waals surface area contributed by atoms with Crippen LogP contribution in [0.25, 0.3) is 11.0 Å². The summed E-state index contributed by atoms with van der Waals surface area (Å²) in [6.07, 6.45) is 0.289. The predicted molar refractivity (Wildman–Crippen MR) is 56.4 cm³/mol. The maximum atomic E-state index is 9.76. The van der Waals surface area contributed by atoms with Gasteiger partial charge < -0.3 is 26.0 Å². The molecule has 2 unspecified atom stereocenters. The first-order chi connectivity index (χ1) is 7.65. The molecule has 0 aliphatic carbocycles. The molecule has 7 heteroatoms. The number of H-pyrrole nitrogens is 1.